The van der Waals surface area contributed by atoms with E-state index in [0.717, 1.165) is 17.9 Å². The SMILES string of the molecule is CCC(C)C(NC(=O)C(F)Cl)C(=O)N1C[C@@H]2CCC[C@@H]2[C@H]1C(=O)NN(C[C@@H]1CCCNC1=O)C(=O)C(F)Cl. The molecule has 14 heteroatoms. The van der Waals surface area contributed by atoms with Gasteiger partial charge >= 0.3 is 0 Å². The van der Waals surface area contributed by atoms with Crippen LogP contribution in [0.2, 0.25) is 0 Å². The van der Waals surface area contributed by atoms with Gasteiger partial charge in [-0.25, -0.2) is 13.8 Å². The van der Waals surface area contributed by atoms with E-state index in [9.17, 15) is 32.8 Å². The van der Waals surface area contributed by atoms with E-state index < -0.39 is 58.8 Å². The Labute approximate surface area is 230 Å². The zero-order chi connectivity index (χ0) is 28.1. The van der Waals surface area contributed by atoms with E-state index in [4.69, 9.17) is 23.2 Å². The van der Waals surface area contributed by atoms with Crippen LogP contribution in [-0.4, -0.2) is 82.4 Å². The minimum Gasteiger partial charge on any atom is -0.356 e. The summed E-state index contributed by atoms with van der Waals surface area (Å²) in [5.74, 6) is -5.24. The first-order valence-corrected chi connectivity index (χ1v) is 13.9. The first kappa shape index (κ1) is 30.3. The predicted molar refractivity (Wildman–Crippen MR) is 135 cm³/mol. The van der Waals surface area contributed by atoms with Crippen molar-refractivity contribution in [3.8, 4) is 0 Å². The highest BCUT2D eigenvalue weighted by Crippen LogP contribution is 2.42. The standard InChI is InChI=1S/C24H35Cl2F2N5O5/c1-3-12(2)16(30-22(36)18(25)27)23(37)32-10-13-6-4-8-15(13)17(32)21(35)31-33(24(38)19(26)28)11-14-7-5-9-29-20(14)34/h12-19H,3-11H2,1-2H3,(H,29,34)(H,30,36)(H,31,35)/t12?,13-,14-,15-,16?,17-,18?,19?/m0/s1. The number of amides is 5. The molecule has 1 saturated carbocycles. The van der Waals surface area contributed by atoms with Crippen molar-refractivity contribution in [2.45, 2.75) is 75.7 Å². The Bertz CT molecular complexity index is 927. The Morgan fingerprint density at radius 1 is 1.13 bits per heavy atom. The number of fused-ring (bicyclic) bond motifs is 1. The van der Waals surface area contributed by atoms with Gasteiger partial charge in [-0.2, -0.15) is 0 Å². The summed E-state index contributed by atoms with van der Waals surface area (Å²) in [5, 5.41) is 5.75. The molecule has 10 nitrogen and oxygen atoms in total. The highest BCUT2D eigenvalue weighted by molar-refractivity contribution is 6.30. The number of hydrazine groups is 1. The monoisotopic (exact) mass is 581 g/mol. The molecule has 214 valence electrons. The summed E-state index contributed by atoms with van der Waals surface area (Å²) in [4.78, 5) is 65.5. The van der Waals surface area contributed by atoms with Gasteiger partial charge in [0.25, 0.3) is 29.0 Å². The van der Waals surface area contributed by atoms with E-state index >= 15 is 0 Å². The molecular weight excluding hydrogens is 547 g/mol. The minimum absolute atomic E-state index is 0.0140. The lowest BCUT2D eigenvalue weighted by Crippen LogP contribution is -2.60. The molecule has 3 rings (SSSR count). The third kappa shape index (κ3) is 6.86. The highest BCUT2D eigenvalue weighted by Gasteiger charge is 2.51. The molecular formula is C24H35Cl2F2N5O5. The number of hydrogen-bond acceptors (Lipinski definition) is 5. The van der Waals surface area contributed by atoms with Crippen LogP contribution in [0.1, 0.15) is 52.4 Å². The van der Waals surface area contributed by atoms with Crippen LogP contribution in [-0.2, 0) is 24.0 Å². The molecule has 8 atom stereocenters. The Morgan fingerprint density at radius 2 is 1.84 bits per heavy atom. The summed E-state index contributed by atoms with van der Waals surface area (Å²) in [6, 6.07) is -2.14. The van der Waals surface area contributed by atoms with E-state index in [0.29, 0.717) is 32.2 Å². The summed E-state index contributed by atoms with van der Waals surface area (Å²) in [6.45, 7) is 3.97. The molecule has 2 aliphatic heterocycles. The van der Waals surface area contributed by atoms with Gasteiger partial charge in [0, 0.05) is 13.1 Å². The fourth-order valence-electron chi connectivity index (χ4n) is 5.68. The summed E-state index contributed by atoms with van der Waals surface area (Å²) < 4.78 is 27.3. The summed E-state index contributed by atoms with van der Waals surface area (Å²) in [6.07, 6.45) is 3.86. The highest BCUT2D eigenvalue weighted by atomic mass is 35.5. The Morgan fingerprint density at radius 3 is 2.45 bits per heavy atom. The van der Waals surface area contributed by atoms with Gasteiger partial charge in [-0.1, -0.05) is 49.9 Å². The molecule has 4 unspecified atom stereocenters. The van der Waals surface area contributed by atoms with Gasteiger partial charge < -0.3 is 15.5 Å². The van der Waals surface area contributed by atoms with Crippen LogP contribution in [0.4, 0.5) is 8.78 Å². The maximum atomic E-state index is 13.8. The maximum absolute atomic E-state index is 13.8. The van der Waals surface area contributed by atoms with E-state index in [1.54, 1.807) is 13.8 Å². The number of hydrogen-bond donors (Lipinski definition) is 3. The van der Waals surface area contributed by atoms with Gasteiger partial charge in [-0.3, -0.25) is 29.4 Å². The number of likely N-dealkylation sites (tertiary alicyclic amines) is 1. The van der Waals surface area contributed by atoms with Crippen LogP contribution >= 0.6 is 23.2 Å². The second-order valence-electron chi connectivity index (χ2n) is 10.3. The quantitative estimate of drug-likeness (QED) is 0.281. The number of nitrogens with zero attached hydrogens (tertiary/aromatic N) is 2. The van der Waals surface area contributed by atoms with Crippen molar-refractivity contribution in [1.82, 2.24) is 26.0 Å². The van der Waals surface area contributed by atoms with Gasteiger partial charge in [0.1, 0.15) is 12.1 Å². The lowest BCUT2D eigenvalue weighted by molar-refractivity contribution is -0.150. The molecule has 0 aromatic carbocycles. The zero-order valence-corrected chi connectivity index (χ0v) is 22.9. The smallest absolute Gasteiger partial charge is 0.291 e. The van der Waals surface area contributed by atoms with Gasteiger partial charge in [0.15, 0.2) is 0 Å². The Hall–Kier alpha value is -2.21. The lowest BCUT2D eigenvalue weighted by atomic mass is 9.93. The zero-order valence-electron chi connectivity index (χ0n) is 21.4. The topological polar surface area (TPSA) is 128 Å². The van der Waals surface area contributed by atoms with Crippen molar-refractivity contribution >= 4 is 52.7 Å². The molecule has 0 aromatic heterocycles. The molecule has 0 bridgehead atoms. The summed E-state index contributed by atoms with van der Waals surface area (Å²) in [7, 11) is 0. The first-order valence-electron chi connectivity index (χ1n) is 13.0. The van der Waals surface area contributed by atoms with Crippen LogP contribution in [0.3, 0.4) is 0 Å². The molecule has 3 N–H and O–H groups in total. The molecule has 0 radical (unpaired) electrons. The first-order chi connectivity index (χ1) is 18.0. The molecule has 2 saturated heterocycles. The van der Waals surface area contributed by atoms with Crippen LogP contribution in [0.5, 0.6) is 0 Å². The second-order valence-corrected chi connectivity index (χ2v) is 11.1. The van der Waals surface area contributed by atoms with Crippen LogP contribution in [0, 0.1) is 23.7 Å². The molecule has 3 fully saturated rings. The average molecular weight is 582 g/mol. The van der Waals surface area contributed by atoms with Gasteiger partial charge in [0.2, 0.25) is 11.8 Å². The fourth-order valence-corrected chi connectivity index (χ4v) is 5.86. The molecule has 1 aliphatic carbocycles. The second kappa shape index (κ2) is 13.2. The summed E-state index contributed by atoms with van der Waals surface area (Å²) >= 11 is 10.7. The number of carbonyl (C=O) groups is 5. The Kier molecular flexibility index (Phi) is 10.6. The van der Waals surface area contributed by atoms with Crippen molar-refractivity contribution in [2.75, 3.05) is 19.6 Å². The number of carbonyl (C=O) groups excluding carboxylic acids is 5. The van der Waals surface area contributed by atoms with Crippen molar-refractivity contribution < 1.29 is 32.8 Å². The van der Waals surface area contributed by atoms with E-state index in [1.165, 1.54) is 4.90 Å². The van der Waals surface area contributed by atoms with E-state index in [2.05, 4.69) is 16.1 Å². The normalized spacial score (nSPS) is 27.9. The number of nitrogens with one attached hydrogen (secondary N) is 3. The number of rotatable bonds is 9. The molecule has 0 aromatic rings. The summed E-state index contributed by atoms with van der Waals surface area (Å²) in [5.41, 5.74) is -2.36. The Balaban J connectivity index is 1.85. The maximum Gasteiger partial charge on any atom is 0.291 e. The van der Waals surface area contributed by atoms with Gasteiger partial charge in [0.05, 0.1) is 12.5 Å². The molecule has 38 heavy (non-hydrogen) atoms. The average Bonchev–Trinajstić information content (AvgIpc) is 3.48. The van der Waals surface area contributed by atoms with Gasteiger partial charge in [-0.15, -0.1) is 0 Å². The molecule has 0 spiro atoms. The molecule has 2 heterocycles. The third-order valence-electron chi connectivity index (χ3n) is 7.92. The molecule has 5 amide bonds. The predicted octanol–water partition coefficient (Wildman–Crippen LogP) is 1.60. The minimum atomic E-state index is -2.45. The number of alkyl halides is 4. The van der Waals surface area contributed by atoms with Crippen LogP contribution in [0.15, 0.2) is 0 Å². The fraction of sp³-hybridized carbons (Fsp3) is 0.792. The van der Waals surface area contributed by atoms with Crippen molar-refractivity contribution in [3.63, 3.8) is 0 Å². The van der Waals surface area contributed by atoms with Crippen LogP contribution < -0.4 is 16.1 Å². The van der Waals surface area contributed by atoms with Crippen molar-refractivity contribution in [1.29, 1.82) is 0 Å². The van der Waals surface area contributed by atoms with Crippen LogP contribution in [0.25, 0.3) is 0 Å². The van der Waals surface area contributed by atoms with E-state index in [1.807, 2.05) is 0 Å². The number of halogens is 4. The van der Waals surface area contributed by atoms with Gasteiger partial charge in [-0.05, 0) is 43.4 Å². The lowest BCUT2D eigenvalue weighted by Gasteiger charge is -2.35. The van der Waals surface area contributed by atoms with E-state index in [-0.39, 0.29) is 30.8 Å². The van der Waals surface area contributed by atoms with Crippen molar-refractivity contribution in [3.05, 3.63) is 0 Å². The number of piperidine rings is 1. The third-order valence-corrected chi connectivity index (χ3v) is 8.30. The molecule has 3 aliphatic rings. The van der Waals surface area contributed by atoms with Crippen molar-refractivity contribution in [2.24, 2.45) is 23.7 Å². The largest absolute Gasteiger partial charge is 0.356 e.